The molecule has 7 nitrogen and oxygen atoms in total. The summed E-state index contributed by atoms with van der Waals surface area (Å²) in [5.41, 5.74) is 2.10. The molecule has 1 saturated heterocycles. The number of hydrogen-bond acceptors (Lipinski definition) is 6. The fourth-order valence-electron chi connectivity index (χ4n) is 4.12. The number of aryl methyl sites for hydroxylation is 1. The number of aromatic nitrogens is 3. The van der Waals surface area contributed by atoms with Crippen LogP contribution in [0.2, 0.25) is 0 Å². The Morgan fingerprint density at radius 2 is 2.06 bits per heavy atom. The zero-order chi connectivity index (χ0) is 22.7. The zero-order valence-electron chi connectivity index (χ0n) is 17.7. The Balaban J connectivity index is 1.52. The van der Waals surface area contributed by atoms with E-state index >= 15 is 0 Å². The molecule has 1 aliphatic heterocycles. The second-order valence-electron chi connectivity index (χ2n) is 8.46. The Morgan fingerprint density at radius 1 is 1.28 bits per heavy atom. The minimum atomic E-state index is -0.843. The molecule has 2 aliphatic rings. The number of carboxylic acids is 1. The first-order chi connectivity index (χ1) is 15.4. The number of ketones is 1. The summed E-state index contributed by atoms with van der Waals surface area (Å²) in [6, 6.07) is 5.94. The van der Waals surface area contributed by atoms with Crippen LogP contribution >= 0.6 is 12.6 Å². The molecule has 1 aromatic carbocycles. The first kappa shape index (κ1) is 22.7. The summed E-state index contributed by atoms with van der Waals surface area (Å²) in [4.78, 5) is 27.4. The first-order valence-corrected chi connectivity index (χ1v) is 11.5. The Hall–Kier alpha value is -2.52. The summed E-state index contributed by atoms with van der Waals surface area (Å²) >= 11 is 4.72. The summed E-state index contributed by atoms with van der Waals surface area (Å²) in [5, 5.41) is 17.4. The highest BCUT2D eigenvalue weighted by molar-refractivity contribution is 7.81. The van der Waals surface area contributed by atoms with E-state index in [1.165, 1.54) is 10.9 Å². The highest BCUT2D eigenvalue weighted by Gasteiger charge is 2.40. The predicted molar refractivity (Wildman–Crippen MR) is 121 cm³/mol. The Bertz CT molecular complexity index is 1020. The van der Waals surface area contributed by atoms with Crippen LogP contribution in [0.25, 0.3) is 6.08 Å². The van der Waals surface area contributed by atoms with Gasteiger partial charge in [0.15, 0.2) is 5.78 Å². The molecule has 0 spiro atoms. The van der Waals surface area contributed by atoms with E-state index in [2.05, 4.69) is 15.1 Å². The predicted octanol–water partition coefficient (Wildman–Crippen LogP) is 3.39. The van der Waals surface area contributed by atoms with Crippen molar-refractivity contribution >= 4 is 30.5 Å². The van der Waals surface area contributed by atoms with Gasteiger partial charge >= 0.3 is 5.97 Å². The van der Waals surface area contributed by atoms with Gasteiger partial charge in [-0.1, -0.05) is 18.2 Å². The van der Waals surface area contributed by atoms with E-state index in [0.29, 0.717) is 37.3 Å². The fourth-order valence-corrected chi connectivity index (χ4v) is 4.39. The van der Waals surface area contributed by atoms with Crippen LogP contribution in [-0.2, 0) is 16.1 Å². The average Bonchev–Trinajstić information content (AvgIpc) is 3.52. The van der Waals surface area contributed by atoms with Gasteiger partial charge in [0.25, 0.3) is 0 Å². The number of piperidine rings is 1. The molecule has 2 aromatic rings. The monoisotopic (exact) mass is 458 g/mol. The van der Waals surface area contributed by atoms with E-state index in [4.69, 9.17) is 17.7 Å². The van der Waals surface area contributed by atoms with E-state index in [0.717, 1.165) is 24.8 Å². The van der Waals surface area contributed by atoms with Crippen molar-refractivity contribution in [1.29, 1.82) is 0 Å². The van der Waals surface area contributed by atoms with Crippen LogP contribution in [-0.4, -0.2) is 55.1 Å². The van der Waals surface area contributed by atoms with Crippen molar-refractivity contribution in [2.24, 2.45) is 5.92 Å². The molecule has 9 heteroatoms. The standard InChI is InChI=1S/C23H27FN4O3S/c24-19-5-2-1-4-18(19)22(23(31)15-7-8-15)27-11-9-20(32)16(14-27)12-17-13-25-28(26-17)10-3-6-21(29)30/h1-2,4-5,12-13,15,20,22,32H,3,6-11,14H2,(H,29,30)/b16-12-. The largest absolute Gasteiger partial charge is 0.481 e. The van der Waals surface area contributed by atoms with Crippen LogP contribution in [0.4, 0.5) is 4.39 Å². The molecule has 2 heterocycles. The number of carboxylic acid groups (broad SMARTS) is 1. The number of carbonyl (C=O) groups excluding carboxylic acids is 1. The molecule has 1 aromatic heterocycles. The third kappa shape index (κ3) is 5.45. The number of thiol groups is 1. The molecule has 32 heavy (non-hydrogen) atoms. The second-order valence-corrected chi connectivity index (χ2v) is 9.08. The van der Waals surface area contributed by atoms with Gasteiger partial charge < -0.3 is 5.11 Å². The maximum atomic E-state index is 14.6. The van der Waals surface area contributed by atoms with E-state index in [-0.39, 0.29) is 29.2 Å². The van der Waals surface area contributed by atoms with Crippen molar-refractivity contribution in [3.63, 3.8) is 0 Å². The number of halogens is 1. The zero-order valence-corrected chi connectivity index (χ0v) is 18.6. The summed E-state index contributed by atoms with van der Waals surface area (Å²) in [6.45, 7) is 1.58. The number of hydrogen-bond donors (Lipinski definition) is 2. The summed E-state index contributed by atoms with van der Waals surface area (Å²) in [7, 11) is 0. The summed E-state index contributed by atoms with van der Waals surface area (Å²) in [5.74, 6) is -1.08. The molecule has 0 amide bonds. The van der Waals surface area contributed by atoms with Gasteiger partial charge in [0, 0.05) is 36.2 Å². The molecule has 4 rings (SSSR count). The lowest BCUT2D eigenvalue weighted by Gasteiger charge is -2.37. The normalized spacial score (nSPS) is 21.6. The lowest BCUT2D eigenvalue weighted by Crippen LogP contribution is -2.42. The van der Waals surface area contributed by atoms with Gasteiger partial charge in [0.2, 0.25) is 0 Å². The third-order valence-electron chi connectivity index (χ3n) is 5.95. The average molecular weight is 459 g/mol. The van der Waals surface area contributed by atoms with Crippen LogP contribution in [0, 0.1) is 11.7 Å². The minimum absolute atomic E-state index is 0.0145. The lowest BCUT2D eigenvalue weighted by atomic mass is 9.93. The third-order valence-corrected chi connectivity index (χ3v) is 6.54. The van der Waals surface area contributed by atoms with Crippen molar-refractivity contribution in [2.75, 3.05) is 13.1 Å². The van der Waals surface area contributed by atoms with Gasteiger partial charge in [-0.15, -0.1) is 0 Å². The molecule has 2 atom stereocenters. The van der Waals surface area contributed by atoms with E-state index in [9.17, 15) is 14.0 Å². The van der Waals surface area contributed by atoms with Gasteiger partial charge in [0.05, 0.1) is 18.8 Å². The van der Waals surface area contributed by atoms with Crippen molar-refractivity contribution in [2.45, 2.75) is 49.9 Å². The van der Waals surface area contributed by atoms with Crippen LogP contribution in [0.3, 0.4) is 0 Å². The number of benzene rings is 1. The smallest absolute Gasteiger partial charge is 0.303 e. The molecule has 1 N–H and O–H groups in total. The fraction of sp³-hybridized carbons (Fsp3) is 0.478. The SMILES string of the molecule is O=C(O)CCCn1ncc(/C=C2/CN(C(C(=O)C3CC3)c3ccccc3F)CCC2S)n1. The number of carbonyl (C=O) groups is 2. The molecular weight excluding hydrogens is 431 g/mol. The van der Waals surface area contributed by atoms with Crippen molar-refractivity contribution in [3.05, 3.63) is 53.1 Å². The molecule has 170 valence electrons. The van der Waals surface area contributed by atoms with Gasteiger partial charge in [0.1, 0.15) is 11.5 Å². The minimum Gasteiger partial charge on any atom is -0.481 e. The number of aliphatic carboxylic acids is 1. The highest BCUT2D eigenvalue weighted by atomic mass is 32.1. The van der Waals surface area contributed by atoms with Crippen LogP contribution in [0.1, 0.15) is 49.4 Å². The van der Waals surface area contributed by atoms with Crippen molar-refractivity contribution in [1.82, 2.24) is 19.9 Å². The quantitative estimate of drug-likeness (QED) is 0.560. The number of nitrogens with zero attached hydrogens (tertiary/aromatic N) is 4. The molecule has 2 fully saturated rings. The molecule has 0 radical (unpaired) electrons. The molecule has 0 bridgehead atoms. The Labute approximate surface area is 191 Å². The van der Waals surface area contributed by atoms with E-state index < -0.39 is 12.0 Å². The summed E-state index contributed by atoms with van der Waals surface area (Å²) < 4.78 is 14.6. The summed E-state index contributed by atoms with van der Waals surface area (Å²) in [6.07, 6.45) is 6.57. The molecule has 1 saturated carbocycles. The van der Waals surface area contributed by atoms with E-state index in [1.807, 2.05) is 6.08 Å². The van der Waals surface area contributed by atoms with Gasteiger partial charge in [-0.05, 0) is 43.4 Å². The Morgan fingerprint density at radius 3 is 2.78 bits per heavy atom. The van der Waals surface area contributed by atoms with Gasteiger partial charge in [-0.25, -0.2) is 4.39 Å². The molecule has 2 unspecified atom stereocenters. The Kier molecular flexibility index (Phi) is 7.05. The molecule has 1 aliphatic carbocycles. The van der Waals surface area contributed by atoms with E-state index in [1.54, 1.807) is 24.4 Å². The lowest BCUT2D eigenvalue weighted by molar-refractivity contribution is -0.137. The highest BCUT2D eigenvalue weighted by Crippen LogP contribution is 2.39. The number of rotatable bonds is 9. The first-order valence-electron chi connectivity index (χ1n) is 10.9. The second kappa shape index (κ2) is 9.95. The van der Waals surface area contributed by atoms with Crippen LogP contribution in [0.15, 0.2) is 36.0 Å². The maximum Gasteiger partial charge on any atom is 0.303 e. The number of likely N-dealkylation sites (tertiary alicyclic amines) is 1. The maximum absolute atomic E-state index is 14.6. The van der Waals surface area contributed by atoms with Crippen molar-refractivity contribution < 1.29 is 19.1 Å². The number of Topliss-reactive ketones (excluding diaryl/α,β-unsaturated/α-hetero) is 1. The van der Waals surface area contributed by atoms with Gasteiger partial charge in [-0.3, -0.25) is 14.5 Å². The van der Waals surface area contributed by atoms with Crippen LogP contribution < -0.4 is 0 Å². The molecular formula is C23H27FN4O3S. The van der Waals surface area contributed by atoms with Gasteiger partial charge in [-0.2, -0.15) is 27.6 Å². The topological polar surface area (TPSA) is 88.3 Å². The van der Waals surface area contributed by atoms with Crippen molar-refractivity contribution in [3.8, 4) is 0 Å². The van der Waals surface area contributed by atoms with Crippen LogP contribution in [0.5, 0.6) is 0 Å².